The Morgan fingerprint density at radius 2 is 2.05 bits per heavy atom. The second-order valence-electron chi connectivity index (χ2n) is 6.33. The third kappa shape index (κ3) is 4.32. The number of anilines is 1. The lowest BCUT2D eigenvalue weighted by atomic mass is 9.92. The quantitative estimate of drug-likeness (QED) is 0.843. The molecule has 1 aliphatic heterocycles. The van der Waals surface area contributed by atoms with E-state index in [4.69, 9.17) is 0 Å². The lowest BCUT2D eigenvalue weighted by Gasteiger charge is -2.34. The van der Waals surface area contributed by atoms with Gasteiger partial charge in [-0.05, 0) is 31.1 Å². The number of likely N-dealkylation sites (tertiary alicyclic amines) is 1. The minimum atomic E-state index is 0.227. The van der Waals surface area contributed by atoms with Crippen molar-refractivity contribution < 1.29 is 4.79 Å². The maximum atomic E-state index is 12.3. The van der Waals surface area contributed by atoms with Gasteiger partial charge < -0.3 is 10.2 Å². The van der Waals surface area contributed by atoms with Crippen molar-refractivity contribution in [2.45, 2.75) is 43.5 Å². The molecule has 21 heavy (non-hydrogen) atoms. The SMILES string of the molecule is C[C@@H]1C[C@@H](C)CN(C(=O)CSc2nnc(NC3CC3)s2)C1. The van der Waals surface area contributed by atoms with E-state index in [-0.39, 0.29) is 5.91 Å². The van der Waals surface area contributed by atoms with Crippen LogP contribution in [0.4, 0.5) is 5.13 Å². The summed E-state index contributed by atoms with van der Waals surface area (Å²) in [6.07, 6.45) is 3.68. The van der Waals surface area contributed by atoms with Crippen molar-refractivity contribution in [3.8, 4) is 0 Å². The number of carbonyl (C=O) groups excluding carboxylic acids is 1. The number of hydrogen-bond donors (Lipinski definition) is 1. The molecule has 1 N–H and O–H groups in total. The Morgan fingerprint density at radius 3 is 2.71 bits per heavy atom. The number of rotatable bonds is 5. The summed E-state index contributed by atoms with van der Waals surface area (Å²) < 4.78 is 0.879. The molecule has 1 aromatic rings. The molecule has 116 valence electrons. The van der Waals surface area contributed by atoms with Crippen molar-refractivity contribution in [1.82, 2.24) is 15.1 Å². The summed E-state index contributed by atoms with van der Waals surface area (Å²) >= 11 is 3.06. The monoisotopic (exact) mass is 326 g/mol. The summed E-state index contributed by atoms with van der Waals surface area (Å²) in [5.74, 6) is 1.92. The minimum absolute atomic E-state index is 0.227. The molecule has 1 amide bonds. The molecule has 1 saturated heterocycles. The maximum Gasteiger partial charge on any atom is 0.233 e. The van der Waals surface area contributed by atoms with E-state index in [1.807, 2.05) is 4.90 Å². The van der Waals surface area contributed by atoms with Crippen LogP contribution in [0, 0.1) is 11.8 Å². The van der Waals surface area contributed by atoms with E-state index >= 15 is 0 Å². The molecule has 0 bridgehead atoms. The van der Waals surface area contributed by atoms with Crippen molar-refractivity contribution in [1.29, 1.82) is 0 Å². The molecule has 1 saturated carbocycles. The van der Waals surface area contributed by atoms with E-state index in [1.54, 1.807) is 11.3 Å². The Balaban J connectivity index is 1.47. The number of nitrogens with zero attached hydrogens (tertiary/aromatic N) is 3. The van der Waals surface area contributed by atoms with Gasteiger partial charge in [-0.15, -0.1) is 10.2 Å². The second kappa shape index (κ2) is 6.52. The van der Waals surface area contributed by atoms with Crippen molar-refractivity contribution >= 4 is 34.1 Å². The number of aromatic nitrogens is 2. The van der Waals surface area contributed by atoms with Gasteiger partial charge in [0, 0.05) is 19.1 Å². The number of piperidine rings is 1. The summed E-state index contributed by atoms with van der Waals surface area (Å²) in [5, 5.41) is 12.5. The third-order valence-corrected chi connectivity index (χ3v) is 5.82. The number of thioether (sulfide) groups is 1. The number of carbonyl (C=O) groups is 1. The van der Waals surface area contributed by atoms with Gasteiger partial charge in [-0.1, -0.05) is 36.9 Å². The van der Waals surface area contributed by atoms with E-state index in [1.165, 1.54) is 31.0 Å². The second-order valence-corrected chi connectivity index (χ2v) is 8.53. The normalized spacial score (nSPS) is 25.9. The first-order valence-corrected chi connectivity index (χ1v) is 9.41. The van der Waals surface area contributed by atoms with Gasteiger partial charge in [-0.2, -0.15) is 0 Å². The highest BCUT2D eigenvalue weighted by molar-refractivity contribution is 8.01. The predicted octanol–water partition coefficient (Wildman–Crippen LogP) is 2.71. The first kappa shape index (κ1) is 15.1. The van der Waals surface area contributed by atoms with Gasteiger partial charge >= 0.3 is 0 Å². The van der Waals surface area contributed by atoms with Gasteiger partial charge in [0.2, 0.25) is 11.0 Å². The van der Waals surface area contributed by atoms with Crippen molar-refractivity contribution in [3.63, 3.8) is 0 Å². The molecular weight excluding hydrogens is 304 g/mol. The molecule has 0 spiro atoms. The molecule has 0 unspecified atom stereocenters. The van der Waals surface area contributed by atoms with Gasteiger partial charge in [-0.3, -0.25) is 4.79 Å². The Morgan fingerprint density at radius 1 is 1.33 bits per heavy atom. The van der Waals surface area contributed by atoms with Crippen molar-refractivity contribution in [2.24, 2.45) is 11.8 Å². The average Bonchev–Trinajstić information content (AvgIpc) is 3.12. The molecule has 2 aliphatic rings. The summed E-state index contributed by atoms with van der Waals surface area (Å²) in [6, 6.07) is 0.591. The summed E-state index contributed by atoms with van der Waals surface area (Å²) in [6.45, 7) is 6.25. The average molecular weight is 326 g/mol. The van der Waals surface area contributed by atoms with E-state index < -0.39 is 0 Å². The number of nitrogens with one attached hydrogen (secondary N) is 1. The summed E-state index contributed by atoms with van der Waals surface area (Å²) in [4.78, 5) is 14.3. The molecule has 0 aromatic carbocycles. The molecule has 1 aliphatic carbocycles. The highest BCUT2D eigenvalue weighted by Crippen LogP contribution is 2.30. The van der Waals surface area contributed by atoms with Crippen LogP contribution in [0.25, 0.3) is 0 Å². The Bertz CT molecular complexity index is 493. The highest BCUT2D eigenvalue weighted by Gasteiger charge is 2.26. The first-order chi connectivity index (χ1) is 10.1. The van der Waals surface area contributed by atoms with Gasteiger partial charge in [0.25, 0.3) is 0 Å². The largest absolute Gasteiger partial charge is 0.357 e. The lowest BCUT2D eigenvalue weighted by Crippen LogP contribution is -2.43. The van der Waals surface area contributed by atoms with Crippen LogP contribution in [0.3, 0.4) is 0 Å². The van der Waals surface area contributed by atoms with Crippen LogP contribution in [-0.4, -0.2) is 45.9 Å². The zero-order valence-corrected chi connectivity index (χ0v) is 14.2. The highest BCUT2D eigenvalue weighted by atomic mass is 32.2. The lowest BCUT2D eigenvalue weighted by molar-refractivity contribution is -0.130. The fourth-order valence-electron chi connectivity index (χ4n) is 2.81. The molecule has 3 rings (SSSR count). The third-order valence-electron chi connectivity index (χ3n) is 3.85. The van der Waals surface area contributed by atoms with Gasteiger partial charge in [0.15, 0.2) is 4.34 Å². The Labute approximate surface area is 133 Å². The van der Waals surface area contributed by atoms with Crippen LogP contribution in [0.5, 0.6) is 0 Å². The summed E-state index contributed by atoms with van der Waals surface area (Å²) in [7, 11) is 0. The van der Waals surface area contributed by atoms with E-state index in [2.05, 4.69) is 29.4 Å². The standard InChI is InChI=1S/C14H22N4OS2/c1-9-5-10(2)7-18(6-9)12(19)8-20-14-17-16-13(21-14)15-11-3-4-11/h9-11H,3-8H2,1-2H3,(H,15,16)/t9-,10-/m1/s1. The van der Waals surface area contributed by atoms with E-state index in [0.29, 0.717) is 23.6 Å². The molecular formula is C14H22N4OS2. The van der Waals surface area contributed by atoms with Gasteiger partial charge in [-0.25, -0.2) is 0 Å². The van der Waals surface area contributed by atoms with Crippen molar-refractivity contribution in [2.75, 3.05) is 24.2 Å². The maximum absolute atomic E-state index is 12.3. The van der Waals surface area contributed by atoms with Crippen molar-refractivity contribution in [3.05, 3.63) is 0 Å². The van der Waals surface area contributed by atoms with Crippen LogP contribution >= 0.6 is 23.1 Å². The van der Waals surface area contributed by atoms with E-state index in [9.17, 15) is 4.79 Å². The number of amides is 1. The van der Waals surface area contributed by atoms with Crippen LogP contribution in [-0.2, 0) is 4.79 Å². The molecule has 0 radical (unpaired) electrons. The predicted molar refractivity (Wildman–Crippen MR) is 86.8 cm³/mol. The smallest absolute Gasteiger partial charge is 0.233 e. The molecule has 2 fully saturated rings. The van der Waals surface area contributed by atoms with Crippen LogP contribution in [0.1, 0.15) is 33.1 Å². The summed E-state index contributed by atoms with van der Waals surface area (Å²) in [5.41, 5.74) is 0. The van der Waals surface area contributed by atoms with E-state index in [0.717, 1.165) is 22.6 Å². The molecule has 2 atom stereocenters. The number of hydrogen-bond acceptors (Lipinski definition) is 6. The van der Waals surface area contributed by atoms with Crippen LogP contribution in [0.2, 0.25) is 0 Å². The molecule has 7 heteroatoms. The first-order valence-electron chi connectivity index (χ1n) is 7.60. The zero-order chi connectivity index (χ0) is 14.8. The van der Waals surface area contributed by atoms with Gasteiger partial charge in [0.1, 0.15) is 0 Å². The van der Waals surface area contributed by atoms with Crippen LogP contribution < -0.4 is 5.32 Å². The van der Waals surface area contributed by atoms with Gasteiger partial charge in [0.05, 0.1) is 5.75 Å². The molecule has 1 aromatic heterocycles. The molecule has 2 heterocycles. The fourth-order valence-corrected chi connectivity index (χ4v) is 4.54. The van der Waals surface area contributed by atoms with Crippen LogP contribution in [0.15, 0.2) is 4.34 Å². The molecule has 5 nitrogen and oxygen atoms in total. The fraction of sp³-hybridized carbons (Fsp3) is 0.786. The Hall–Kier alpha value is -0.820. The zero-order valence-electron chi connectivity index (χ0n) is 12.5. The Kier molecular flexibility index (Phi) is 4.69. The topological polar surface area (TPSA) is 58.1 Å². The minimum Gasteiger partial charge on any atom is -0.357 e.